The summed E-state index contributed by atoms with van der Waals surface area (Å²) in [5.41, 5.74) is 7.14. The molecular weight excluding hydrogens is 256 g/mol. The Morgan fingerprint density at radius 1 is 1.25 bits per heavy atom. The highest BCUT2D eigenvalue weighted by atomic mass is 16.5. The van der Waals surface area contributed by atoms with Gasteiger partial charge < -0.3 is 19.9 Å². The average Bonchev–Trinajstić information content (AvgIpc) is 2.47. The Morgan fingerprint density at radius 2 is 1.95 bits per heavy atom. The van der Waals surface area contributed by atoms with Gasteiger partial charge in [0.05, 0.1) is 33.1 Å². The van der Waals surface area contributed by atoms with E-state index in [4.69, 9.17) is 19.9 Å². The molecule has 0 radical (unpaired) electrons. The number of hydrogen-bond acceptors (Lipinski definition) is 5. The van der Waals surface area contributed by atoms with Crippen molar-refractivity contribution in [3.05, 3.63) is 23.8 Å². The molecule has 1 heterocycles. The van der Waals surface area contributed by atoms with Crippen LogP contribution < -0.4 is 15.2 Å². The Hall–Kier alpha value is -1.30. The first kappa shape index (κ1) is 15.1. The molecular formula is C15H24N2O3. The normalized spacial score (nSPS) is 19.4. The molecule has 1 unspecified atom stereocenters. The smallest absolute Gasteiger partial charge is 0.122 e. The first-order valence-electron chi connectivity index (χ1n) is 6.89. The van der Waals surface area contributed by atoms with Crippen molar-refractivity contribution in [2.45, 2.75) is 19.0 Å². The van der Waals surface area contributed by atoms with Gasteiger partial charge in [-0.05, 0) is 25.1 Å². The Bertz CT molecular complexity index is 443. The van der Waals surface area contributed by atoms with Crippen LogP contribution in [0, 0.1) is 0 Å². The van der Waals surface area contributed by atoms with Crippen molar-refractivity contribution in [3.8, 4) is 11.5 Å². The second kappa shape index (κ2) is 6.43. The molecule has 0 spiro atoms. The summed E-state index contributed by atoms with van der Waals surface area (Å²) in [7, 11) is 3.34. The molecule has 5 heteroatoms. The maximum Gasteiger partial charge on any atom is 0.122 e. The second-order valence-electron chi connectivity index (χ2n) is 5.31. The van der Waals surface area contributed by atoms with E-state index in [-0.39, 0.29) is 0 Å². The Kier molecular flexibility index (Phi) is 4.86. The van der Waals surface area contributed by atoms with Gasteiger partial charge in [-0.25, -0.2) is 0 Å². The van der Waals surface area contributed by atoms with Gasteiger partial charge in [0.2, 0.25) is 0 Å². The van der Waals surface area contributed by atoms with Crippen molar-refractivity contribution in [2.24, 2.45) is 5.73 Å². The lowest BCUT2D eigenvalue weighted by atomic mass is 9.98. The van der Waals surface area contributed by atoms with Crippen LogP contribution in [-0.2, 0) is 11.2 Å². The quantitative estimate of drug-likeness (QED) is 0.880. The van der Waals surface area contributed by atoms with Crippen LogP contribution in [0.4, 0.5) is 0 Å². The largest absolute Gasteiger partial charge is 0.497 e. The summed E-state index contributed by atoms with van der Waals surface area (Å²) < 4.78 is 16.1. The van der Waals surface area contributed by atoms with Crippen LogP contribution in [0.25, 0.3) is 0 Å². The number of benzene rings is 1. The fourth-order valence-electron chi connectivity index (χ4n) is 2.59. The van der Waals surface area contributed by atoms with Gasteiger partial charge in [0.15, 0.2) is 0 Å². The van der Waals surface area contributed by atoms with E-state index < -0.39 is 5.66 Å². The fourth-order valence-corrected chi connectivity index (χ4v) is 2.59. The maximum atomic E-state index is 6.51. The molecule has 112 valence electrons. The molecule has 1 aliphatic rings. The number of hydrogen-bond donors (Lipinski definition) is 1. The van der Waals surface area contributed by atoms with Gasteiger partial charge in [0.1, 0.15) is 11.5 Å². The molecule has 1 aliphatic heterocycles. The van der Waals surface area contributed by atoms with Gasteiger partial charge >= 0.3 is 0 Å². The van der Waals surface area contributed by atoms with Gasteiger partial charge in [0, 0.05) is 25.1 Å². The molecule has 1 aromatic carbocycles. The highest BCUT2D eigenvalue weighted by Gasteiger charge is 2.30. The number of morpholine rings is 1. The standard InChI is InChI=1S/C15H24N2O3/c1-15(16,17-6-8-20-9-7-17)11-12-10-13(18-2)4-5-14(12)19-3/h4-5,10H,6-9,11,16H2,1-3H3. The average molecular weight is 280 g/mol. The van der Waals surface area contributed by atoms with Crippen LogP contribution in [0.3, 0.4) is 0 Å². The molecule has 1 aromatic rings. The van der Waals surface area contributed by atoms with Crippen LogP contribution in [0.5, 0.6) is 11.5 Å². The minimum absolute atomic E-state index is 0.427. The number of rotatable bonds is 5. The van der Waals surface area contributed by atoms with E-state index >= 15 is 0 Å². The number of ether oxygens (including phenoxy) is 3. The van der Waals surface area contributed by atoms with Crippen LogP contribution in [0.1, 0.15) is 12.5 Å². The Balaban J connectivity index is 2.18. The third-order valence-electron chi connectivity index (χ3n) is 3.77. The second-order valence-corrected chi connectivity index (χ2v) is 5.31. The van der Waals surface area contributed by atoms with Crippen molar-refractivity contribution in [1.29, 1.82) is 0 Å². The van der Waals surface area contributed by atoms with Gasteiger partial charge in [-0.1, -0.05) is 0 Å². The molecule has 0 saturated carbocycles. The minimum Gasteiger partial charge on any atom is -0.497 e. The molecule has 1 fully saturated rings. The van der Waals surface area contributed by atoms with Crippen LogP contribution in [-0.4, -0.2) is 51.1 Å². The molecule has 0 aromatic heterocycles. The summed E-state index contributed by atoms with van der Waals surface area (Å²) in [6, 6.07) is 5.80. The number of nitrogens with two attached hydrogens (primary N) is 1. The summed E-state index contributed by atoms with van der Waals surface area (Å²) in [5.74, 6) is 1.66. The summed E-state index contributed by atoms with van der Waals surface area (Å²) >= 11 is 0. The molecule has 0 aliphatic carbocycles. The summed E-state index contributed by atoms with van der Waals surface area (Å²) in [5, 5.41) is 0. The van der Waals surface area contributed by atoms with E-state index in [2.05, 4.69) is 11.8 Å². The predicted molar refractivity (Wildman–Crippen MR) is 78.2 cm³/mol. The van der Waals surface area contributed by atoms with E-state index in [1.807, 2.05) is 18.2 Å². The van der Waals surface area contributed by atoms with E-state index in [9.17, 15) is 0 Å². The molecule has 0 amide bonds. The van der Waals surface area contributed by atoms with Crippen LogP contribution in [0.2, 0.25) is 0 Å². The van der Waals surface area contributed by atoms with Crippen molar-refractivity contribution in [2.75, 3.05) is 40.5 Å². The lowest BCUT2D eigenvalue weighted by molar-refractivity contribution is -0.0144. The van der Waals surface area contributed by atoms with Crippen molar-refractivity contribution in [1.82, 2.24) is 4.90 Å². The van der Waals surface area contributed by atoms with Crippen molar-refractivity contribution >= 4 is 0 Å². The van der Waals surface area contributed by atoms with Gasteiger partial charge in [-0.15, -0.1) is 0 Å². The lowest BCUT2D eigenvalue weighted by Crippen LogP contribution is -2.58. The molecule has 5 nitrogen and oxygen atoms in total. The van der Waals surface area contributed by atoms with Gasteiger partial charge in [-0.3, -0.25) is 4.90 Å². The predicted octanol–water partition coefficient (Wildman–Crippen LogP) is 1.25. The van der Waals surface area contributed by atoms with Crippen LogP contribution in [0.15, 0.2) is 18.2 Å². The molecule has 1 atom stereocenters. The molecule has 2 rings (SSSR count). The monoisotopic (exact) mass is 280 g/mol. The van der Waals surface area contributed by atoms with E-state index in [1.165, 1.54) is 0 Å². The molecule has 20 heavy (non-hydrogen) atoms. The molecule has 2 N–H and O–H groups in total. The van der Waals surface area contributed by atoms with Gasteiger partial charge in [-0.2, -0.15) is 0 Å². The summed E-state index contributed by atoms with van der Waals surface area (Å²) in [6.45, 7) is 5.25. The first-order chi connectivity index (χ1) is 9.56. The highest BCUT2D eigenvalue weighted by molar-refractivity contribution is 5.41. The lowest BCUT2D eigenvalue weighted by Gasteiger charge is -2.40. The Labute approximate surface area is 120 Å². The maximum absolute atomic E-state index is 6.51. The van der Waals surface area contributed by atoms with Crippen molar-refractivity contribution in [3.63, 3.8) is 0 Å². The SMILES string of the molecule is COc1ccc(OC)c(CC(C)(N)N2CCOCC2)c1. The minimum atomic E-state index is -0.427. The number of nitrogens with zero attached hydrogens (tertiary/aromatic N) is 1. The summed E-state index contributed by atoms with van der Waals surface area (Å²) in [4.78, 5) is 2.26. The molecule has 1 saturated heterocycles. The zero-order valence-corrected chi connectivity index (χ0v) is 12.5. The summed E-state index contributed by atoms with van der Waals surface area (Å²) in [6.07, 6.45) is 0.702. The zero-order valence-electron chi connectivity index (χ0n) is 12.5. The topological polar surface area (TPSA) is 57.0 Å². The van der Waals surface area contributed by atoms with E-state index in [1.54, 1.807) is 14.2 Å². The van der Waals surface area contributed by atoms with Crippen LogP contribution >= 0.6 is 0 Å². The third-order valence-corrected chi connectivity index (χ3v) is 3.77. The fraction of sp³-hybridized carbons (Fsp3) is 0.600. The Morgan fingerprint density at radius 3 is 2.55 bits per heavy atom. The third kappa shape index (κ3) is 3.42. The first-order valence-corrected chi connectivity index (χ1v) is 6.89. The van der Waals surface area contributed by atoms with E-state index in [0.29, 0.717) is 6.42 Å². The zero-order chi connectivity index (χ0) is 14.6. The molecule has 0 bridgehead atoms. The number of methoxy groups -OCH3 is 2. The van der Waals surface area contributed by atoms with E-state index in [0.717, 1.165) is 43.4 Å². The van der Waals surface area contributed by atoms with Gasteiger partial charge in [0.25, 0.3) is 0 Å². The van der Waals surface area contributed by atoms with Crippen molar-refractivity contribution < 1.29 is 14.2 Å². The highest BCUT2D eigenvalue weighted by Crippen LogP contribution is 2.28.